The number of rotatable bonds is 16. The van der Waals surface area contributed by atoms with Crippen molar-refractivity contribution in [1.82, 2.24) is 20.0 Å². The standard InChI is InChI=1S/C55H62N8O8/c1-33(2)34(3)52(64)58-35(4)53(65)59-40-13-9-36(10-14-40)38-23-42-29-56-46-27-50(48(68-6)25-44(46)54(66)62(42)31-38)70-21-8-22-71-51-28-47-45(26-49(51)69-7)55(67)63-32-39(24-43(63)30-57-47)37-11-15-41(16-12-37)61-19-17-60(5)18-20-61/h9-16,25-35,42-43H,8,17-24H2,1-7H3,(H,58,64)(H,59,65)/t34-,35-,42-,43-/m0/s1. The number of hydrogen-bond acceptors (Lipinski definition) is 12. The van der Waals surface area contributed by atoms with Crippen LogP contribution in [0.25, 0.3) is 11.1 Å². The highest BCUT2D eigenvalue weighted by Gasteiger charge is 2.35. The second-order valence-corrected chi connectivity index (χ2v) is 19.1. The first-order valence-electron chi connectivity index (χ1n) is 24.4. The molecule has 0 unspecified atom stereocenters. The van der Waals surface area contributed by atoms with Crippen LogP contribution in [0.15, 0.2) is 95.2 Å². The van der Waals surface area contributed by atoms with Crippen LogP contribution in [0.1, 0.15) is 78.8 Å². The van der Waals surface area contributed by atoms with Gasteiger partial charge in [0.1, 0.15) is 6.04 Å². The Hall–Kier alpha value is -7.46. The summed E-state index contributed by atoms with van der Waals surface area (Å²) in [6.45, 7) is 12.1. The molecule has 5 aliphatic heterocycles. The molecule has 2 N–H and O–H groups in total. The zero-order valence-electron chi connectivity index (χ0n) is 41.4. The zero-order valence-corrected chi connectivity index (χ0v) is 41.4. The summed E-state index contributed by atoms with van der Waals surface area (Å²) in [5, 5.41) is 5.66. The molecular weight excluding hydrogens is 901 g/mol. The summed E-state index contributed by atoms with van der Waals surface area (Å²) in [6.07, 6.45) is 9.12. The number of anilines is 2. The molecular formula is C55H62N8O8. The van der Waals surface area contributed by atoms with Crippen LogP contribution < -0.4 is 34.5 Å². The van der Waals surface area contributed by atoms with Crippen molar-refractivity contribution in [3.05, 3.63) is 107 Å². The van der Waals surface area contributed by atoms with E-state index in [0.29, 0.717) is 70.4 Å². The number of fused-ring (bicyclic) bond motifs is 4. The van der Waals surface area contributed by atoms with E-state index in [-0.39, 0.29) is 60.8 Å². The van der Waals surface area contributed by atoms with Crippen LogP contribution in [0.4, 0.5) is 22.7 Å². The van der Waals surface area contributed by atoms with Crippen LogP contribution in [0.2, 0.25) is 0 Å². The lowest BCUT2D eigenvalue weighted by atomic mass is 9.97. The summed E-state index contributed by atoms with van der Waals surface area (Å²) >= 11 is 0. The van der Waals surface area contributed by atoms with Gasteiger partial charge in [-0.3, -0.25) is 29.2 Å². The molecule has 9 rings (SSSR count). The predicted molar refractivity (Wildman–Crippen MR) is 276 cm³/mol. The largest absolute Gasteiger partial charge is 0.493 e. The Morgan fingerprint density at radius 2 is 1.15 bits per heavy atom. The minimum atomic E-state index is -0.696. The fraction of sp³-hybridized carbons (Fsp3) is 0.382. The fourth-order valence-corrected chi connectivity index (χ4v) is 9.25. The summed E-state index contributed by atoms with van der Waals surface area (Å²) in [4.78, 5) is 71.1. The molecule has 1 saturated heterocycles. The Morgan fingerprint density at radius 3 is 1.63 bits per heavy atom. The van der Waals surface area contributed by atoms with Crippen LogP contribution in [-0.2, 0) is 9.59 Å². The third-order valence-electron chi connectivity index (χ3n) is 14.0. The Kier molecular flexibility index (Phi) is 14.3. The molecule has 5 aliphatic rings. The van der Waals surface area contributed by atoms with Crippen LogP contribution in [0, 0.1) is 11.8 Å². The maximum Gasteiger partial charge on any atom is 0.260 e. The molecule has 0 aliphatic carbocycles. The van der Waals surface area contributed by atoms with Crippen LogP contribution in [0.3, 0.4) is 0 Å². The SMILES string of the molecule is COc1cc2c(cc1OCCCOc1cc3c(cc1OC)C(=O)N1C=C(c4ccc(N5CCN(C)CC5)cc4)C[C@H]1C=N3)N=C[C@@H]1CC(c3ccc(NC(=O)[C@H](C)NC(=O)[C@@H](C)C(C)C)cc3)=CN1C2=O. The van der Waals surface area contributed by atoms with E-state index in [2.05, 4.69) is 51.7 Å². The van der Waals surface area contributed by atoms with E-state index in [1.54, 1.807) is 66.4 Å². The second-order valence-electron chi connectivity index (χ2n) is 19.1. The zero-order chi connectivity index (χ0) is 49.9. The monoisotopic (exact) mass is 962 g/mol. The van der Waals surface area contributed by atoms with Crippen molar-refractivity contribution >= 4 is 70.0 Å². The van der Waals surface area contributed by atoms with Gasteiger partial charge in [0.25, 0.3) is 11.8 Å². The Balaban J connectivity index is 0.785. The van der Waals surface area contributed by atoms with Gasteiger partial charge in [-0.05, 0) is 78.6 Å². The van der Waals surface area contributed by atoms with Crippen LogP contribution >= 0.6 is 0 Å². The van der Waals surface area contributed by atoms with Crippen molar-refractivity contribution in [2.24, 2.45) is 21.8 Å². The molecule has 4 atom stereocenters. The van der Waals surface area contributed by atoms with Crippen LogP contribution in [0.5, 0.6) is 23.0 Å². The number of nitrogens with zero attached hydrogens (tertiary/aromatic N) is 6. The summed E-state index contributed by atoms with van der Waals surface area (Å²) in [7, 11) is 5.23. The van der Waals surface area contributed by atoms with Gasteiger partial charge >= 0.3 is 0 Å². The van der Waals surface area contributed by atoms with Gasteiger partial charge in [0.05, 0.1) is 62.0 Å². The van der Waals surface area contributed by atoms with Crippen molar-refractivity contribution in [2.45, 2.75) is 65.1 Å². The van der Waals surface area contributed by atoms with Crippen molar-refractivity contribution in [3.63, 3.8) is 0 Å². The summed E-state index contributed by atoms with van der Waals surface area (Å²) in [6, 6.07) is 21.7. The van der Waals surface area contributed by atoms with Gasteiger partial charge in [0, 0.05) is 99.7 Å². The first kappa shape index (κ1) is 48.6. The number of benzene rings is 4. The van der Waals surface area contributed by atoms with Gasteiger partial charge in [-0.2, -0.15) is 0 Å². The number of carbonyl (C=O) groups is 4. The number of aliphatic imine (C=N–C) groups is 2. The van der Waals surface area contributed by atoms with Gasteiger partial charge in [0.15, 0.2) is 23.0 Å². The minimum absolute atomic E-state index is 0.148. The van der Waals surface area contributed by atoms with E-state index >= 15 is 0 Å². The lowest BCUT2D eigenvalue weighted by Gasteiger charge is -2.34. The minimum Gasteiger partial charge on any atom is -0.493 e. The molecule has 0 bridgehead atoms. The number of likely N-dealkylation sites (N-methyl/N-ethyl adjacent to an activating group) is 1. The molecule has 1 fully saturated rings. The van der Waals surface area contributed by atoms with Crippen LogP contribution in [-0.4, -0.2) is 130 Å². The lowest BCUT2D eigenvalue weighted by Crippen LogP contribution is -2.44. The third kappa shape index (κ3) is 10.4. The molecule has 4 amide bonds. The first-order chi connectivity index (χ1) is 34.3. The summed E-state index contributed by atoms with van der Waals surface area (Å²) in [5.74, 6) is 0.857. The van der Waals surface area contributed by atoms with E-state index in [1.165, 1.54) is 12.8 Å². The molecule has 0 saturated carbocycles. The van der Waals surface area contributed by atoms with Gasteiger partial charge < -0.3 is 49.2 Å². The van der Waals surface area contributed by atoms with Gasteiger partial charge in [0.2, 0.25) is 11.8 Å². The van der Waals surface area contributed by atoms with Crippen molar-refractivity contribution in [2.75, 3.05) is 70.9 Å². The number of hydrogen-bond donors (Lipinski definition) is 2. The maximum atomic E-state index is 14.0. The quantitative estimate of drug-likeness (QED) is 0.105. The average Bonchev–Trinajstić information content (AvgIpc) is 3.96. The normalized spacial score (nSPS) is 19.1. The fourth-order valence-electron chi connectivity index (χ4n) is 9.25. The number of ether oxygens (including phenoxy) is 4. The molecule has 16 nitrogen and oxygen atoms in total. The number of nitrogens with one attached hydrogen (secondary N) is 2. The van der Waals surface area contributed by atoms with E-state index < -0.39 is 6.04 Å². The molecule has 0 radical (unpaired) electrons. The predicted octanol–water partition coefficient (Wildman–Crippen LogP) is 7.98. The Morgan fingerprint density at radius 1 is 0.662 bits per heavy atom. The van der Waals surface area contributed by atoms with Gasteiger partial charge in [-0.25, -0.2) is 0 Å². The van der Waals surface area contributed by atoms with E-state index in [4.69, 9.17) is 28.9 Å². The number of piperazine rings is 1. The van der Waals surface area contributed by atoms with Crippen molar-refractivity contribution < 1.29 is 38.1 Å². The number of carbonyl (C=O) groups excluding carboxylic acids is 4. The third-order valence-corrected chi connectivity index (χ3v) is 14.0. The first-order valence-corrected chi connectivity index (χ1v) is 24.4. The smallest absolute Gasteiger partial charge is 0.260 e. The van der Waals surface area contributed by atoms with Crippen molar-refractivity contribution in [3.8, 4) is 23.0 Å². The average molecular weight is 963 g/mol. The van der Waals surface area contributed by atoms with E-state index in [0.717, 1.165) is 48.5 Å². The maximum absolute atomic E-state index is 14.0. The number of methoxy groups -OCH3 is 2. The summed E-state index contributed by atoms with van der Waals surface area (Å²) < 4.78 is 23.8. The molecule has 5 heterocycles. The molecule has 16 heteroatoms. The topological polar surface area (TPSA) is 167 Å². The molecule has 4 aromatic carbocycles. The van der Waals surface area contributed by atoms with Gasteiger partial charge in [-0.1, -0.05) is 45.0 Å². The lowest BCUT2D eigenvalue weighted by molar-refractivity contribution is -0.129. The van der Waals surface area contributed by atoms with Crippen molar-refractivity contribution in [1.29, 1.82) is 0 Å². The summed E-state index contributed by atoms with van der Waals surface area (Å²) in [5.41, 5.74) is 7.67. The Bertz CT molecular complexity index is 2810. The second kappa shape index (κ2) is 20.9. The number of amides is 4. The van der Waals surface area contributed by atoms with E-state index in [9.17, 15) is 19.2 Å². The molecule has 4 aromatic rings. The Labute approximate surface area is 415 Å². The highest BCUT2D eigenvalue weighted by atomic mass is 16.5. The molecule has 71 heavy (non-hydrogen) atoms. The highest BCUT2D eigenvalue weighted by Crippen LogP contribution is 2.42. The highest BCUT2D eigenvalue weighted by molar-refractivity contribution is 6.07. The van der Waals surface area contributed by atoms with Gasteiger partial charge in [-0.15, -0.1) is 0 Å². The molecule has 0 aromatic heterocycles. The molecule has 370 valence electrons. The van der Waals surface area contributed by atoms with E-state index in [1.807, 2.05) is 51.5 Å². The molecule has 0 spiro atoms.